The number of nitrogens with zero attached hydrogens (tertiary/aromatic N) is 1. The van der Waals surface area contributed by atoms with Gasteiger partial charge in [-0.15, -0.1) is 0 Å². The lowest BCUT2D eigenvalue weighted by Gasteiger charge is -2.33. The average Bonchev–Trinajstić information content (AvgIpc) is 3.13. The molecule has 0 bridgehead atoms. The van der Waals surface area contributed by atoms with Crippen LogP contribution in [0.25, 0.3) is 11.0 Å². The number of carbonyl (C=O) groups excluding carboxylic acids is 1. The van der Waals surface area contributed by atoms with Crippen molar-refractivity contribution in [1.82, 2.24) is 10.3 Å². The fourth-order valence-corrected chi connectivity index (χ4v) is 4.17. The van der Waals surface area contributed by atoms with Gasteiger partial charge >= 0.3 is 0 Å². The summed E-state index contributed by atoms with van der Waals surface area (Å²) in [7, 11) is 0. The van der Waals surface area contributed by atoms with Gasteiger partial charge in [-0.1, -0.05) is 0 Å². The summed E-state index contributed by atoms with van der Waals surface area (Å²) in [6, 6.07) is 6.52. The van der Waals surface area contributed by atoms with Crippen molar-refractivity contribution in [3.63, 3.8) is 0 Å². The van der Waals surface area contributed by atoms with Crippen molar-refractivity contribution in [2.75, 3.05) is 26.3 Å². The molecule has 0 aliphatic carbocycles. The highest BCUT2D eigenvalue weighted by atomic mass is 19.3. The molecule has 1 fully saturated rings. The van der Waals surface area contributed by atoms with Crippen LogP contribution >= 0.6 is 0 Å². The largest absolute Gasteiger partial charge is 0.490 e. The maximum absolute atomic E-state index is 15.0. The number of ether oxygens (including phenoxy) is 2. The fourth-order valence-electron chi connectivity index (χ4n) is 4.17. The molecule has 1 atom stereocenters. The summed E-state index contributed by atoms with van der Waals surface area (Å²) in [5.41, 5.74) is 6.74. The number of halogens is 2. The highest BCUT2D eigenvalue weighted by molar-refractivity contribution is 6.08. The fraction of sp³-hybridized carbons (Fsp3) is 0.391. The Morgan fingerprint density at radius 2 is 2.15 bits per heavy atom. The molecule has 176 valence electrons. The van der Waals surface area contributed by atoms with E-state index in [4.69, 9.17) is 24.7 Å². The van der Waals surface area contributed by atoms with Crippen LogP contribution in [0.4, 0.5) is 8.78 Å². The predicted molar refractivity (Wildman–Crippen MR) is 116 cm³/mol. The van der Waals surface area contributed by atoms with Crippen LogP contribution in [-0.2, 0) is 6.61 Å². The number of nitrogens with one attached hydrogen (secondary N) is 1. The monoisotopic (exact) mass is 461 g/mol. The number of primary amides is 1. The molecule has 4 rings (SSSR count). The number of alkyl halides is 2. The lowest BCUT2D eigenvalue weighted by atomic mass is 9.83. The number of aliphatic hydroxyl groups is 1. The summed E-state index contributed by atoms with van der Waals surface area (Å²) in [6.45, 7) is 1.55. The second kappa shape index (κ2) is 9.32. The first-order chi connectivity index (χ1) is 15.8. The molecule has 0 saturated carbocycles. The number of aryl methyl sites for hydroxylation is 1. The molecule has 1 unspecified atom stereocenters. The first-order valence-electron chi connectivity index (χ1n) is 10.6. The lowest BCUT2D eigenvalue weighted by molar-refractivity contribution is -0.0423. The number of hydrogen-bond donors (Lipinski definition) is 3. The number of fused-ring (bicyclic) bond motifs is 1. The highest BCUT2D eigenvalue weighted by Gasteiger charge is 2.45. The van der Waals surface area contributed by atoms with Crippen molar-refractivity contribution in [2.45, 2.75) is 31.8 Å². The molecule has 0 spiro atoms. The van der Waals surface area contributed by atoms with Crippen LogP contribution in [0.5, 0.6) is 11.5 Å². The molecule has 1 amide bonds. The number of amides is 1. The van der Waals surface area contributed by atoms with Crippen LogP contribution in [0.1, 0.15) is 39.7 Å². The van der Waals surface area contributed by atoms with Crippen molar-refractivity contribution < 1.29 is 32.6 Å². The maximum atomic E-state index is 15.0. The van der Waals surface area contributed by atoms with Gasteiger partial charge in [-0.05, 0) is 44.2 Å². The summed E-state index contributed by atoms with van der Waals surface area (Å²) in [6.07, 6.45) is 1.64. The van der Waals surface area contributed by atoms with Crippen LogP contribution in [-0.4, -0.2) is 48.2 Å². The molecule has 1 aliphatic rings. The summed E-state index contributed by atoms with van der Waals surface area (Å²) in [4.78, 5) is 16.4. The Labute approximate surface area is 188 Å². The molecule has 33 heavy (non-hydrogen) atoms. The number of aliphatic hydroxyl groups excluding tert-OH is 1. The number of aromatic nitrogens is 1. The van der Waals surface area contributed by atoms with Crippen LogP contribution in [0.3, 0.4) is 0 Å². The molecular formula is C23H25F2N3O5. The third-order valence-electron chi connectivity index (χ3n) is 5.64. The third kappa shape index (κ3) is 4.62. The molecule has 1 aliphatic heterocycles. The van der Waals surface area contributed by atoms with E-state index in [1.54, 1.807) is 31.2 Å². The predicted octanol–water partition coefficient (Wildman–Crippen LogP) is 2.90. The number of nitrogens with two attached hydrogens (primary N) is 1. The third-order valence-corrected chi connectivity index (χ3v) is 5.64. The van der Waals surface area contributed by atoms with E-state index >= 15 is 8.78 Å². The summed E-state index contributed by atoms with van der Waals surface area (Å²) in [5.74, 6) is -4.01. The second-order valence-electron chi connectivity index (χ2n) is 7.87. The Hall–Kier alpha value is -3.24. The van der Waals surface area contributed by atoms with E-state index in [2.05, 4.69) is 10.3 Å². The van der Waals surface area contributed by atoms with E-state index in [1.807, 2.05) is 0 Å². The minimum absolute atomic E-state index is 0.0120. The van der Waals surface area contributed by atoms with Gasteiger partial charge in [0.25, 0.3) is 11.8 Å². The molecule has 2 aromatic heterocycles. The normalized spacial score (nSPS) is 17.8. The zero-order valence-corrected chi connectivity index (χ0v) is 18.1. The molecule has 3 aromatic rings. The Bertz CT molecular complexity index is 1150. The Balaban J connectivity index is 1.73. The van der Waals surface area contributed by atoms with Crippen molar-refractivity contribution >= 4 is 16.9 Å². The lowest BCUT2D eigenvalue weighted by Crippen LogP contribution is -2.44. The van der Waals surface area contributed by atoms with Gasteiger partial charge in [0, 0.05) is 10.9 Å². The molecule has 1 aromatic carbocycles. The molecule has 4 N–H and O–H groups in total. The van der Waals surface area contributed by atoms with E-state index in [9.17, 15) is 4.79 Å². The van der Waals surface area contributed by atoms with Gasteiger partial charge in [-0.3, -0.25) is 9.78 Å². The van der Waals surface area contributed by atoms with Crippen molar-refractivity contribution in [1.29, 1.82) is 0 Å². The Morgan fingerprint density at radius 3 is 2.82 bits per heavy atom. The number of carbonyl (C=O) groups is 1. The maximum Gasteiger partial charge on any atom is 0.267 e. The van der Waals surface area contributed by atoms with Gasteiger partial charge in [0.05, 0.1) is 36.5 Å². The molecule has 3 heterocycles. The van der Waals surface area contributed by atoms with Crippen LogP contribution in [0, 0.1) is 6.92 Å². The number of hydrogen-bond acceptors (Lipinski definition) is 7. The number of rotatable bonds is 8. The quantitative estimate of drug-likeness (QED) is 0.472. The summed E-state index contributed by atoms with van der Waals surface area (Å²) >= 11 is 0. The second-order valence-corrected chi connectivity index (χ2v) is 7.87. The van der Waals surface area contributed by atoms with E-state index in [-0.39, 0.29) is 54.3 Å². The number of pyridine rings is 1. The number of benzene rings is 1. The van der Waals surface area contributed by atoms with E-state index in [0.29, 0.717) is 23.6 Å². The number of furan rings is 1. The SMILES string of the molecule is Cc1oc2ccc(OCc3ccc(OCCO)cn3)c(C3CCNCC3(F)F)c2c1C(N)=O. The average molecular weight is 461 g/mol. The van der Waals surface area contributed by atoms with E-state index in [0.717, 1.165) is 0 Å². The van der Waals surface area contributed by atoms with Gasteiger partial charge in [-0.2, -0.15) is 0 Å². The summed E-state index contributed by atoms with van der Waals surface area (Å²) < 4.78 is 46.9. The zero-order chi connectivity index (χ0) is 23.6. The molecular weight excluding hydrogens is 436 g/mol. The Morgan fingerprint density at radius 1 is 1.33 bits per heavy atom. The van der Waals surface area contributed by atoms with Crippen LogP contribution in [0.2, 0.25) is 0 Å². The minimum atomic E-state index is -3.06. The molecule has 0 radical (unpaired) electrons. The van der Waals surface area contributed by atoms with Crippen molar-refractivity contribution in [2.24, 2.45) is 5.73 Å². The molecule has 8 nitrogen and oxygen atoms in total. The van der Waals surface area contributed by atoms with Gasteiger partial charge < -0.3 is 30.0 Å². The van der Waals surface area contributed by atoms with Crippen molar-refractivity contribution in [3.05, 3.63) is 53.0 Å². The Kier molecular flexibility index (Phi) is 6.48. The van der Waals surface area contributed by atoms with Crippen LogP contribution < -0.4 is 20.5 Å². The topological polar surface area (TPSA) is 120 Å². The van der Waals surface area contributed by atoms with Gasteiger partial charge in [0.1, 0.15) is 36.1 Å². The smallest absolute Gasteiger partial charge is 0.267 e. The van der Waals surface area contributed by atoms with Gasteiger partial charge in [0.2, 0.25) is 0 Å². The number of piperidine rings is 1. The standard InChI is InChI=1S/C23H25F2N3O5/c1-13-19(22(26)30)21-18(33-13)5-4-17(20(21)16-6-7-27-12-23(16,24)25)32-11-14-2-3-15(10-28-14)31-9-8-29/h2-5,10,16,27,29H,6-9,11-12H2,1H3,(H2,26,30). The first-order valence-corrected chi connectivity index (χ1v) is 10.6. The van der Waals surface area contributed by atoms with E-state index in [1.165, 1.54) is 6.20 Å². The minimum Gasteiger partial charge on any atom is -0.490 e. The van der Waals surface area contributed by atoms with Gasteiger partial charge in [-0.25, -0.2) is 8.78 Å². The first kappa shape index (κ1) is 22.9. The zero-order valence-electron chi connectivity index (χ0n) is 18.1. The molecule has 10 heteroatoms. The highest BCUT2D eigenvalue weighted by Crippen LogP contribution is 2.47. The van der Waals surface area contributed by atoms with Crippen LogP contribution in [0.15, 0.2) is 34.9 Å². The van der Waals surface area contributed by atoms with Crippen molar-refractivity contribution in [3.8, 4) is 11.5 Å². The summed E-state index contributed by atoms with van der Waals surface area (Å²) in [5, 5.41) is 11.8. The van der Waals surface area contributed by atoms with Gasteiger partial charge in [0.15, 0.2) is 0 Å². The molecule has 1 saturated heterocycles. The van der Waals surface area contributed by atoms with E-state index < -0.39 is 24.3 Å².